The Hall–Kier alpha value is -3.12. The standard InChI is InChI=1S/C23H21N3O2S/c1-3-28-20-11-7-4-8-17(20)15-29-23-25-19-10-6-5-9-18(19)22(27)26(23)21-14-16(2)12-13-24-21/h4-14H,3,15H2,1-2H3. The molecule has 29 heavy (non-hydrogen) atoms. The number of thioether (sulfide) groups is 1. The molecule has 2 aromatic carbocycles. The lowest BCUT2D eigenvalue weighted by molar-refractivity contribution is 0.337. The van der Waals surface area contributed by atoms with E-state index in [0.29, 0.717) is 34.2 Å². The number of hydrogen-bond donors (Lipinski definition) is 0. The Kier molecular flexibility index (Phi) is 5.62. The van der Waals surface area contributed by atoms with E-state index < -0.39 is 0 Å². The third kappa shape index (κ3) is 4.03. The third-order valence-corrected chi connectivity index (χ3v) is 5.49. The molecule has 0 spiro atoms. The lowest BCUT2D eigenvalue weighted by Gasteiger charge is -2.14. The fourth-order valence-electron chi connectivity index (χ4n) is 3.12. The summed E-state index contributed by atoms with van der Waals surface area (Å²) in [5.41, 5.74) is 2.66. The summed E-state index contributed by atoms with van der Waals surface area (Å²) in [7, 11) is 0. The van der Waals surface area contributed by atoms with Crippen LogP contribution in [0.4, 0.5) is 0 Å². The summed E-state index contributed by atoms with van der Waals surface area (Å²) in [6.07, 6.45) is 1.71. The number of para-hydroxylation sites is 2. The van der Waals surface area contributed by atoms with Gasteiger partial charge >= 0.3 is 0 Å². The predicted octanol–water partition coefficient (Wildman–Crippen LogP) is 4.78. The maximum atomic E-state index is 13.3. The Bertz CT molecular complexity index is 1220. The van der Waals surface area contributed by atoms with Gasteiger partial charge in [-0.25, -0.2) is 14.5 Å². The van der Waals surface area contributed by atoms with Crippen molar-refractivity contribution in [1.29, 1.82) is 0 Å². The number of aromatic nitrogens is 3. The van der Waals surface area contributed by atoms with Crippen molar-refractivity contribution >= 4 is 22.7 Å². The maximum Gasteiger partial charge on any atom is 0.267 e. The summed E-state index contributed by atoms with van der Waals surface area (Å²) in [4.78, 5) is 22.5. The summed E-state index contributed by atoms with van der Waals surface area (Å²) >= 11 is 1.50. The topological polar surface area (TPSA) is 57.0 Å². The number of hydrogen-bond acceptors (Lipinski definition) is 5. The molecule has 0 amide bonds. The Morgan fingerprint density at radius 2 is 1.86 bits per heavy atom. The van der Waals surface area contributed by atoms with Crippen molar-refractivity contribution in [2.24, 2.45) is 0 Å². The van der Waals surface area contributed by atoms with Gasteiger partial charge in [-0.1, -0.05) is 42.1 Å². The second-order valence-electron chi connectivity index (χ2n) is 6.57. The summed E-state index contributed by atoms with van der Waals surface area (Å²) in [5, 5.41) is 1.19. The van der Waals surface area contributed by atoms with Crippen molar-refractivity contribution in [2.45, 2.75) is 24.8 Å². The van der Waals surface area contributed by atoms with Crippen LogP contribution in [0.1, 0.15) is 18.1 Å². The molecule has 146 valence electrons. The first-order chi connectivity index (χ1) is 14.2. The molecule has 0 radical (unpaired) electrons. The van der Waals surface area contributed by atoms with Crippen LogP contribution in [0.3, 0.4) is 0 Å². The quantitative estimate of drug-likeness (QED) is 0.343. The SMILES string of the molecule is CCOc1ccccc1CSc1nc2ccccc2c(=O)n1-c1cc(C)ccn1. The number of ether oxygens (including phenoxy) is 1. The van der Waals surface area contributed by atoms with Gasteiger partial charge in [0.15, 0.2) is 5.16 Å². The van der Waals surface area contributed by atoms with Crippen LogP contribution in [0, 0.1) is 6.92 Å². The van der Waals surface area contributed by atoms with Gasteiger partial charge in [-0.2, -0.15) is 0 Å². The van der Waals surface area contributed by atoms with Crippen molar-refractivity contribution in [3.05, 3.63) is 88.3 Å². The van der Waals surface area contributed by atoms with E-state index in [-0.39, 0.29) is 5.56 Å². The molecule has 0 atom stereocenters. The van der Waals surface area contributed by atoms with Crippen molar-refractivity contribution < 1.29 is 4.74 Å². The molecule has 0 unspecified atom stereocenters. The summed E-state index contributed by atoms with van der Waals surface area (Å²) in [6.45, 7) is 4.56. The molecule has 6 heteroatoms. The van der Waals surface area contributed by atoms with Crippen molar-refractivity contribution in [2.75, 3.05) is 6.61 Å². The van der Waals surface area contributed by atoms with E-state index in [9.17, 15) is 4.79 Å². The highest BCUT2D eigenvalue weighted by molar-refractivity contribution is 7.98. The van der Waals surface area contributed by atoms with E-state index in [4.69, 9.17) is 9.72 Å². The molecule has 4 aromatic rings. The van der Waals surface area contributed by atoms with Gasteiger partial charge in [0.2, 0.25) is 0 Å². The number of pyridine rings is 1. The van der Waals surface area contributed by atoms with E-state index in [1.165, 1.54) is 11.8 Å². The first-order valence-corrected chi connectivity index (χ1v) is 10.4. The Balaban J connectivity index is 1.81. The van der Waals surface area contributed by atoms with Gasteiger partial charge in [0, 0.05) is 17.5 Å². The highest BCUT2D eigenvalue weighted by Gasteiger charge is 2.15. The van der Waals surface area contributed by atoms with Crippen LogP contribution in [-0.4, -0.2) is 21.1 Å². The number of nitrogens with zero attached hydrogens (tertiary/aromatic N) is 3. The average Bonchev–Trinajstić information content (AvgIpc) is 2.73. The molecule has 0 aliphatic heterocycles. The second-order valence-corrected chi connectivity index (χ2v) is 7.52. The lowest BCUT2D eigenvalue weighted by Crippen LogP contribution is -2.22. The molecule has 0 saturated heterocycles. The van der Waals surface area contributed by atoms with Crippen LogP contribution in [0.25, 0.3) is 16.7 Å². The van der Waals surface area contributed by atoms with Crippen LogP contribution < -0.4 is 10.3 Å². The fraction of sp³-hybridized carbons (Fsp3) is 0.174. The molecule has 4 rings (SSSR count). The Morgan fingerprint density at radius 3 is 2.69 bits per heavy atom. The average molecular weight is 404 g/mol. The summed E-state index contributed by atoms with van der Waals surface area (Å²) < 4.78 is 7.34. The molecule has 0 aliphatic rings. The van der Waals surface area contributed by atoms with Gasteiger partial charge in [-0.3, -0.25) is 4.79 Å². The van der Waals surface area contributed by atoms with E-state index in [0.717, 1.165) is 16.9 Å². The van der Waals surface area contributed by atoms with Gasteiger partial charge in [0.1, 0.15) is 11.6 Å². The van der Waals surface area contributed by atoms with Gasteiger partial charge in [0.25, 0.3) is 5.56 Å². The minimum atomic E-state index is -0.116. The summed E-state index contributed by atoms with van der Waals surface area (Å²) in [5.74, 6) is 2.06. The number of fused-ring (bicyclic) bond motifs is 1. The minimum absolute atomic E-state index is 0.116. The van der Waals surface area contributed by atoms with Crippen LogP contribution in [-0.2, 0) is 5.75 Å². The second kappa shape index (κ2) is 8.49. The highest BCUT2D eigenvalue weighted by atomic mass is 32.2. The zero-order valence-corrected chi connectivity index (χ0v) is 17.1. The van der Waals surface area contributed by atoms with E-state index in [2.05, 4.69) is 4.98 Å². The van der Waals surface area contributed by atoms with Crippen molar-refractivity contribution in [3.63, 3.8) is 0 Å². The van der Waals surface area contributed by atoms with Gasteiger partial charge < -0.3 is 4.74 Å². The fourth-order valence-corrected chi connectivity index (χ4v) is 4.11. The molecule has 5 nitrogen and oxygen atoms in total. The minimum Gasteiger partial charge on any atom is -0.494 e. The highest BCUT2D eigenvalue weighted by Crippen LogP contribution is 2.28. The summed E-state index contributed by atoms with van der Waals surface area (Å²) in [6, 6.07) is 19.2. The smallest absolute Gasteiger partial charge is 0.267 e. The Morgan fingerprint density at radius 1 is 1.07 bits per heavy atom. The molecular formula is C23H21N3O2S. The van der Waals surface area contributed by atoms with Gasteiger partial charge in [-0.15, -0.1) is 0 Å². The predicted molar refractivity (Wildman–Crippen MR) is 117 cm³/mol. The number of aryl methyl sites for hydroxylation is 1. The zero-order chi connectivity index (χ0) is 20.2. The largest absolute Gasteiger partial charge is 0.494 e. The normalized spacial score (nSPS) is 11.0. The monoisotopic (exact) mass is 403 g/mol. The molecule has 0 aliphatic carbocycles. The van der Waals surface area contributed by atoms with E-state index in [1.54, 1.807) is 16.8 Å². The molecular weight excluding hydrogens is 382 g/mol. The van der Waals surface area contributed by atoms with Crippen LogP contribution in [0.2, 0.25) is 0 Å². The van der Waals surface area contributed by atoms with E-state index >= 15 is 0 Å². The molecule has 0 saturated carbocycles. The van der Waals surface area contributed by atoms with Crippen LogP contribution in [0.5, 0.6) is 5.75 Å². The molecule has 0 bridgehead atoms. The first kappa shape index (κ1) is 19.2. The maximum absolute atomic E-state index is 13.3. The van der Waals surface area contributed by atoms with E-state index in [1.807, 2.05) is 68.4 Å². The lowest BCUT2D eigenvalue weighted by atomic mass is 10.2. The number of benzene rings is 2. The molecule has 2 aromatic heterocycles. The first-order valence-electron chi connectivity index (χ1n) is 9.45. The number of rotatable bonds is 6. The van der Waals surface area contributed by atoms with Gasteiger partial charge in [-0.05, 0) is 49.7 Å². The molecule has 0 N–H and O–H groups in total. The van der Waals surface area contributed by atoms with Gasteiger partial charge in [0.05, 0.1) is 17.5 Å². The van der Waals surface area contributed by atoms with Crippen LogP contribution >= 0.6 is 11.8 Å². The van der Waals surface area contributed by atoms with Crippen molar-refractivity contribution in [1.82, 2.24) is 14.5 Å². The zero-order valence-electron chi connectivity index (χ0n) is 16.3. The molecule has 2 heterocycles. The third-order valence-electron chi connectivity index (χ3n) is 4.50. The molecule has 0 fully saturated rings. The van der Waals surface area contributed by atoms with Crippen molar-refractivity contribution in [3.8, 4) is 11.6 Å². The van der Waals surface area contributed by atoms with Crippen LogP contribution in [0.15, 0.2) is 76.8 Å². The Labute approximate surface area is 173 Å².